The summed E-state index contributed by atoms with van der Waals surface area (Å²) in [5.74, 6) is 0.481. The molecule has 0 amide bonds. The topological polar surface area (TPSA) is 49.7 Å². The van der Waals surface area contributed by atoms with Gasteiger partial charge in [-0.25, -0.2) is 4.79 Å². The fourth-order valence-corrected chi connectivity index (χ4v) is 3.48. The Kier molecular flexibility index (Phi) is 1.74. The highest BCUT2D eigenvalue weighted by molar-refractivity contribution is 5.36. The van der Waals surface area contributed by atoms with Crippen LogP contribution in [0.15, 0.2) is 4.99 Å². The lowest BCUT2D eigenvalue weighted by atomic mass is 9.68. The molecule has 0 radical (unpaired) electrons. The maximum absolute atomic E-state index is 10.3. The number of nitrogens with zero attached hydrogens (tertiary/aromatic N) is 1. The third-order valence-electron chi connectivity index (χ3n) is 5.08. The van der Waals surface area contributed by atoms with E-state index in [9.17, 15) is 9.90 Å². The molecule has 0 aromatic rings. The number of hydrogen-bond acceptors (Lipinski definition) is 3. The Balaban J connectivity index is 2.50. The average Bonchev–Trinajstić information content (AvgIpc) is 2.36. The van der Waals surface area contributed by atoms with Gasteiger partial charge in [-0.15, -0.1) is 0 Å². The third kappa shape index (κ3) is 0.825. The molecular weight excluding hydrogens is 178 g/mol. The van der Waals surface area contributed by atoms with Crippen LogP contribution in [-0.2, 0) is 4.79 Å². The predicted molar refractivity (Wildman–Crippen MR) is 52.3 cm³/mol. The molecule has 2 saturated carbocycles. The van der Waals surface area contributed by atoms with E-state index in [0.29, 0.717) is 12.3 Å². The molecule has 3 unspecified atom stereocenters. The molecule has 3 heteroatoms. The first kappa shape index (κ1) is 9.88. The first-order valence-electron chi connectivity index (χ1n) is 5.19. The molecule has 0 aromatic heterocycles. The van der Waals surface area contributed by atoms with Crippen LogP contribution in [0.25, 0.3) is 0 Å². The molecule has 0 saturated heterocycles. The predicted octanol–water partition coefficient (Wildman–Crippen LogP) is 1.86. The number of carbonyl (C=O) groups excluding carboxylic acids is 1. The quantitative estimate of drug-likeness (QED) is 0.513. The van der Waals surface area contributed by atoms with Crippen molar-refractivity contribution in [3.63, 3.8) is 0 Å². The van der Waals surface area contributed by atoms with Gasteiger partial charge >= 0.3 is 0 Å². The second kappa shape index (κ2) is 2.47. The molecule has 2 bridgehead atoms. The molecule has 3 atom stereocenters. The van der Waals surface area contributed by atoms with Gasteiger partial charge in [0.15, 0.2) is 5.72 Å². The van der Waals surface area contributed by atoms with E-state index in [4.69, 9.17) is 0 Å². The lowest BCUT2D eigenvalue weighted by Crippen LogP contribution is -2.45. The monoisotopic (exact) mass is 195 g/mol. The van der Waals surface area contributed by atoms with Gasteiger partial charge in [0.2, 0.25) is 6.08 Å². The SMILES string of the molecule is CC1(C)C2CCC1(C)C(O)(N=C=O)C2. The van der Waals surface area contributed by atoms with Crippen molar-refractivity contribution in [2.75, 3.05) is 0 Å². The number of aliphatic imine (C=N–C) groups is 1. The van der Waals surface area contributed by atoms with Crippen LogP contribution in [0.5, 0.6) is 0 Å². The molecule has 2 fully saturated rings. The van der Waals surface area contributed by atoms with Gasteiger partial charge in [0.1, 0.15) is 0 Å². The lowest BCUT2D eigenvalue weighted by Gasteiger charge is -2.41. The Morgan fingerprint density at radius 1 is 1.43 bits per heavy atom. The Labute approximate surface area is 84.2 Å². The summed E-state index contributed by atoms with van der Waals surface area (Å²) in [5, 5.41) is 10.3. The van der Waals surface area contributed by atoms with Crippen LogP contribution >= 0.6 is 0 Å². The maximum Gasteiger partial charge on any atom is 0.237 e. The number of isocyanates is 1. The van der Waals surface area contributed by atoms with Gasteiger partial charge in [0, 0.05) is 11.8 Å². The van der Waals surface area contributed by atoms with Crippen molar-refractivity contribution < 1.29 is 9.90 Å². The van der Waals surface area contributed by atoms with Crippen molar-refractivity contribution in [1.82, 2.24) is 0 Å². The average molecular weight is 195 g/mol. The van der Waals surface area contributed by atoms with E-state index in [-0.39, 0.29) is 10.8 Å². The van der Waals surface area contributed by atoms with E-state index in [0.717, 1.165) is 12.8 Å². The fourth-order valence-electron chi connectivity index (χ4n) is 3.48. The van der Waals surface area contributed by atoms with E-state index in [1.807, 2.05) is 6.92 Å². The van der Waals surface area contributed by atoms with Crippen LogP contribution in [-0.4, -0.2) is 16.9 Å². The highest BCUT2D eigenvalue weighted by Crippen LogP contribution is 2.69. The molecule has 3 nitrogen and oxygen atoms in total. The molecule has 1 N–H and O–H groups in total. The molecule has 0 aliphatic heterocycles. The summed E-state index contributed by atoms with van der Waals surface area (Å²) in [6.07, 6.45) is 4.23. The molecule has 2 rings (SSSR count). The largest absolute Gasteiger partial charge is 0.368 e. The maximum atomic E-state index is 10.3. The molecule has 0 aromatic carbocycles. The normalized spacial score (nSPS) is 49.0. The highest BCUT2D eigenvalue weighted by atomic mass is 16.3. The summed E-state index contributed by atoms with van der Waals surface area (Å²) in [4.78, 5) is 14.0. The molecule has 0 heterocycles. The van der Waals surface area contributed by atoms with E-state index >= 15 is 0 Å². The fraction of sp³-hybridized carbons (Fsp3) is 0.909. The van der Waals surface area contributed by atoms with E-state index in [1.165, 1.54) is 6.08 Å². The highest BCUT2D eigenvalue weighted by Gasteiger charge is 2.69. The minimum Gasteiger partial charge on any atom is -0.368 e. The van der Waals surface area contributed by atoms with Gasteiger partial charge < -0.3 is 5.11 Å². The molecule has 78 valence electrons. The van der Waals surface area contributed by atoms with Crippen molar-refractivity contribution >= 4 is 6.08 Å². The van der Waals surface area contributed by atoms with E-state index in [2.05, 4.69) is 18.8 Å². The second-order valence-electron chi connectivity index (χ2n) is 5.51. The van der Waals surface area contributed by atoms with Gasteiger partial charge in [-0.05, 0) is 24.2 Å². The van der Waals surface area contributed by atoms with Gasteiger partial charge in [-0.2, -0.15) is 4.99 Å². The zero-order chi connectivity index (χ0) is 10.6. The standard InChI is InChI=1S/C11H17NO2/c1-9(2)8-4-5-10(9,3)11(14,6-8)12-7-13/h8,14H,4-6H2,1-3H3. The van der Waals surface area contributed by atoms with Gasteiger partial charge in [-0.3, -0.25) is 0 Å². The molecular formula is C11H17NO2. The van der Waals surface area contributed by atoms with Crippen LogP contribution in [0, 0.1) is 16.7 Å². The van der Waals surface area contributed by atoms with Gasteiger partial charge in [0.25, 0.3) is 0 Å². The van der Waals surface area contributed by atoms with Gasteiger partial charge in [-0.1, -0.05) is 20.8 Å². The van der Waals surface area contributed by atoms with Crippen molar-refractivity contribution in [3.05, 3.63) is 0 Å². The van der Waals surface area contributed by atoms with Crippen molar-refractivity contribution in [2.24, 2.45) is 21.7 Å². The number of rotatable bonds is 1. The van der Waals surface area contributed by atoms with Crippen LogP contribution < -0.4 is 0 Å². The van der Waals surface area contributed by atoms with Crippen molar-refractivity contribution in [1.29, 1.82) is 0 Å². The van der Waals surface area contributed by atoms with E-state index < -0.39 is 5.72 Å². The summed E-state index contributed by atoms with van der Waals surface area (Å²) in [6, 6.07) is 0. The van der Waals surface area contributed by atoms with Crippen LogP contribution in [0.2, 0.25) is 0 Å². The van der Waals surface area contributed by atoms with Gasteiger partial charge in [0.05, 0.1) is 0 Å². The molecule has 2 aliphatic rings. The number of aliphatic hydroxyl groups is 1. The van der Waals surface area contributed by atoms with Crippen molar-refractivity contribution in [2.45, 2.75) is 45.8 Å². The molecule has 0 spiro atoms. The molecule has 14 heavy (non-hydrogen) atoms. The summed E-state index contributed by atoms with van der Waals surface area (Å²) >= 11 is 0. The Hall–Kier alpha value is -0.660. The minimum atomic E-state index is -1.17. The molecule has 2 aliphatic carbocycles. The van der Waals surface area contributed by atoms with Crippen LogP contribution in [0.3, 0.4) is 0 Å². The Bertz CT molecular complexity index is 319. The second-order valence-corrected chi connectivity index (χ2v) is 5.51. The third-order valence-corrected chi connectivity index (χ3v) is 5.08. The Morgan fingerprint density at radius 2 is 2.07 bits per heavy atom. The van der Waals surface area contributed by atoms with E-state index in [1.54, 1.807) is 0 Å². The van der Waals surface area contributed by atoms with Crippen LogP contribution in [0.1, 0.15) is 40.0 Å². The number of hydrogen-bond donors (Lipinski definition) is 1. The Morgan fingerprint density at radius 3 is 2.43 bits per heavy atom. The zero-order valence-electron chi connectivity index (χ0n) is 9.00. The van der Waals surface area contributed by atoms with Crippen molar-refractivity contribution in [3.8, 4) is 0 Å². The summed E-state index contributed by atoms with van der Waals surface area (Å²) in [7, 11) is 0. The zero-order valence-corrected chi connectivity index (χ0v) is 9.00. The first-order valence-corrected chi connectivity index (χ1v) is 5.19. The first-order chi connectivity index (χ1) is 6.37. The summed E-state index contributed by atoms with van der Waals surface area (Å²) in [5.41, 5.74) is -1.36. The number of fused-ring (bicyclic) bond motifs is 2. The minimum absolute atomic E-state index is 0.0715. The lowest BCUT2D eigenvalue weighted by molar-refractivity contribution is -0.0820. The summed E-state index contributed by atoms with van der Waals surface area (Å²) < 4.78 is 0. The summed E-state index contributed by atoms with van der Waals surface area (Å²) in [6.45, 7) is 6.38. The van der Waals surface area contributed by atoms with Crippen LogP contribution in [0.4, 0.5) is 0 Å². The smallest absolute Gasteiger partial charge is 0.237 e.